The van der Waals surface area contributed by atoms with E-state index in [0.29, 0.717) is 0 Å². The quantitative estimate of drug-likeness (QED) is 0.764. The van der Waals surface area contributed by atoms with E-state index in [1.807, 2.05) is 17.8 Å². The Balaban J connectivity index is 1.76. The Morgan fingerprint density at radius 2 is 2.00 bits per heavy atom. The van der Waals surface area contributed by atoms with Crippen molar-refractivity contribution in [1.29, 1.82) is 0 Å². The second-order valence-electron chi connectivity index (χ2n) is 6.89. The Labute approximate surface area is 148 Å². The standard InChI is InChI=1S/C19H28N2O2S/c1-2-24-19(14-6-4-3-5-7-14)13-20-12-17(19)18(23)21-15-8-10-16(22)11-9-15/h3-7,15-17,20,22H,2,8-13H2,1H3,(H,21,23)/t15?,16?,17-,19+/m1/s1. The number of nitrogens with one attached hydrogen (secondary N) is 2. The third-order valence-corrected chi connectivity index (χ3v) is 6.79. The molecule has 1 heterocycles. The molecule has 1 amide bonds. The predicted octanol–water partition coefficient (Wildman–Crippen LogP) is 2.27. The molecule has 2 atom stereocenters. The summed E-state index contributed by atoms with van der Waals surface area (Å²) < 4.78 is -0.186. The lowest BCUT2D eigenvalue weighted by atomic mass is 9.86. The number of carbonyl (C=O) groups excluding carboxylic acids is 1. The van der Waals surface area contributed by atoms with Crippen LogP contribution in [0.1, 0.15) is 38.2 Å². The smallest absolute Gasteiger partial charge is 0.226 e. The minimum Gasteiger partial charge on any atom is -0.393 e. The third kappa shape index (κ3) is 3.63. The molecule has 0 radical (unpaired) electrons. The van der Waals surface area contributed by atoms with Crippen molar-refractivity contribution in [2.45, 2.75) is 49.5 Å². The van der Waals surface area contributed by atoms with Gasteiger partial charge in [-0.05, 0) is 37.0 Å². The first-order chi connectivity index (χ1) is 11.7. The lowest BCUT2D eigenvalue weighted by Crippen LogP contribution is -2.47. The van der Waals surface area contributed by atoms with E-state index < -0.39 is 0 Å². The number of carbonyl (C=O) groups is 1. The molecule has 24 heavy (non-hydrogen) atoms. The Hall–Kier alpha value is -1.04. The van der Waals surface area contributed by atoms with E-state index in [-0.39, 0.29) is 28.7 Å². The van der Waals surface area contributed by atoms with Crippen molar-refractivity contribution >= 4 is 17.7 Å². The van der Waals surface area contributed by atoms with E-state index >= 15 is 0 Å². The van der Waals surface area contributed by atoms with Crippen LogP contribution in [0.15, 0.2) is 30.3 Å². The van der Waals surface area contributed by atoms with Gasteiger partial charge in [0.15, 0.2) is 0 Å². The van der Waals surface area contributed by atoms with Gasteiger partial charge in [-0.25, -0.2) is 0 Å². The molecule has 2 aliphatic rings. The summed E-state index contributed by atoms with van der Waals surface area (Å²) in [6.07, 6.45) is 3.16. The molecule has 3 N–H and O–H groups in total. The number of aliphatic hydroxyl groups is 1. The Kier molecular flexibility index (Phi) is 5.85. The zero-order chi connectivity index (χ0) is 17.0. The number of hydrogen-bond donors (Lipinski definition) is 3. The fraction of sp³-hybridized carbons (Fsp3) is 0.632. The van der Waals surface area contributed by atoms with Gasteiger partial charge in [-0.1, -0.05) is 37.3 Å². The lowest BCUT2D eigenvalue weighted by molar-refractivity contribution is -0.126. The van der Waals surface area contributed by atoms with Crippen LogP contribution < -0.4 is 10.6 Å². The van der Waals surface area contributed by atoms with Crippen LogP contribution in [0.25, 0.3) is 0 Å². The fourth-order valence-corrected chi connectivity index (χ4v) is 5.45. The van der Waals surface area contributed by atoms with Crippen molar-refractivity contribution in [2.24, 2.45) is 5.92 Å². The summed E-state index contributed by atoms with van der Waals surface area (Å²) in [5.74, 6) is 1.08. The van der Waals surface area contributed by atoms with Crippen molar-refractivity contribution in [1.82, 2.24) is 10.6 Å². The van der Waals surface area contributed by atoms with Crippen molar-refractivity contribution in [2.75, 3.05) is 18.8 Å². The molecule has 1 saturated carbocycles. The van der Waals surface area contributed by atoms with E-state index in [2.05, 4.69) is 41.8 Å². The first-order valence-corrected chi connectivity index (χ1v) is 10.0. The predicted molar refractivity (Wildman–Crippen MR) is 99.0 cm³/mol. The zero-order valence-corrected chi connectivity index (χ0v) is 15.1. The number of aliphatic hydroxyl groups excluding tert-OH is 1. The molecule has 0 aromatic heterocycles. The minimum atomic E-state index is -0.189. The van der Waals surface area contributed by atoms with Gasteiger partial charge in [0, 0.05) is 19.1 Å². The molecule has 0 spiro atoms. The average molecular weight is 349 g/mol. The maximum atomic E-state index is 13.0. The summed E-state index contributed by atoms with van der Waals surface area (Å²) >= 11 is 1.87. The summed E-state index contributed by atoms with van der Waals surface area (Å²) in [6.45, 7) is 3.71. The van der Waals surface area contributed by atoms with Crippen LogP contribution in [-0.2, 0) is 9.54 Å². The maximum Gasteiger partial charge on any atom is 0.226 e. The van der Waals surface area contributed by atoms with Crippen LogP contribution >= 0.6 is 11.8 Å². The molecular weight excluding hydrogens is 320 g/mol. The van der Waals surface area contributed by atoms with Gasteiger partial charge >= 0.3 is 0 Å². The van der Waals surface area contributed by atoms with Gasteiger partial charge < -0.3 is 15.7 Å². The van der Waals surface area contributed by atoms with E-state index in [1.165, 1.54) is 5.56 Å². The summed E-state index contributed by atoms with van der Waals surface area (Å²) in [6, 6.07) is 10.6. The summed E-state index contributed by atoms with van der Waals surface area (Å²) in [5, 5.41) is 16.4. The van der Waals surface area contributed by atoms with Crippen molar-refractivity contribution < 1.29 is 9.90 Å². The second kappa shape index (κ2) is 7.89. The molecule has 4 nitrogen and oxygen atoms in total. The third-order valence-electron chi connectivity index (χ3n) is 5.32. The number of benzene rings is 1. The van der Waals surface area contributed by atoms with Crippen molar-refractivity contribution in [3.63, 3.8) is 0 Å². The van der Waals surface area contributed by atoms with Crippen molar-refractivity contribution in [3.05, 3.63) is 35.9 Å². The molecule has 5 heteroatoms. The van der Waals surface area contributed by atoms with Crippen LogP contribution in [0.4, 0.5) is 0 Å². The highest BCUT2D eigenvalue weighted by Crippen LogP contribution is 2.45. The molecule has 1 aliphatic carbocycles. The Morgan fingerprint density at radius 3 is 2.67 bits per heavy atom. The Morgan fingerprint density at radius 1 is 1.29 bits per heavy atom. The molecule has 0 unspecified atom stereocenters. The molecule has 1 aromatic rings. The van der Waals surface area contributed by atoms with Crippen LogP contribution in [0.2, 0.25) is 0 Å². The van der Waals surface area contributed by atoms with Gasteiger partial charge in [0.25, 0.3) is 0 Å². The first kappa shape index (κ1) is 17.8. The van der Waals surface area contributed by atoms with E-state index in [9.17, 15) is 9.90 Å². The van der Waals surface area contributed by atoms with Crippen LogP contribution in [-0.4, -0.2) is 42.0 Å². The largest absolute Gasteiger partial charge is 0.393 e. The molecule has 2 fully saturated rings. The lowest BCUT2D eigenvalue weighted by Gasteiger charge is -2.35. The monoisotopic (exact) mass is 348 g/mol. The van der Waals surface area contributed by atoms with Gasteiger partial charge in [0.1, 0.15) is 0 Å². The van der Waals surface area contributed by atoms with Crippen LogP contribution in [0.3, 0.4) is 0 Å². The highest BCUT2D eigenvalue weighted by atomic mass is 32.2. The SMILES string of the molecule is CCS[C@]1(c2ccccc2)CNC[C@@H]1C(=O)NC1CCC(O)CC1. The molecule has 1 saturated heterocycles. The molecular formula is C19H28N2O2S. The fourth-order valence-electron chi connectivity index (χ4n) is 4.03. The minimum absolute atomic E-state index is 0.0586. The maximum absolute atomic E-state index is 13.0. The molecule has 3 rings (SSSR count). The summed E-state index contributed by atoms with van der Waals surface area (Å²) in [5.41, 5.74) is 1.24. The Bertz CT molecular complexity index is 546. The highest BCUT2D eigenvalue weighted by Gasteiger charge is 2.48. The first-order valence-electron chi connectivity index (χ1n) is 9.04. The van der Waals surface area contributed by atoms with Crippen molar-refractivity contribution in [3.8, 4) is 0 Å². The number of rotatable bonds is 5. The zero-order valence-electron chi connectivity index (χ0n) is 14.3. The van der Waals surface area contributed by atoms with Gasteiger partial charge in [0.05, 0.1) is 16.8 Å². The topological polar surface area (TPSA) is 61.4 Å². The van der Waals surface area contributed by atoms with E-state index in [4.69, 9.17) is 0 Å². The normalized spacial score (nSPS) is 33.3. The van der Waals surface area contributed by atoms with Crippen LogP contribution in [0, 0.1) is 5.92 Å². The number of hydrogen-bond acceptors (Lipinski definition) is 4. The summed E-state index contributed by atoms with van der Waals surface area (Å²) in [7, 11) is 0. The molecule has 1 aliphatic heterocycles. The molecule has 0 bridgehead atoms. The van der Waals surface area contributed by atoms with Gasteiger partial charge in [-0.15, -0.1) is 11.8 Å². The number of thioether (sulfide) groups is 1. The van der Waals surface area contributed by atoms with Gasteiger partial charge in [-0.3, -0.25) is 4.79 Å². The van der Waals surface area contributed by atoms with Gasteiger partial charge in [-0.2, -0.15) is 0 Å². The average Bonchev–Trinajstić information content (AvgIpc) is 3.03. The van der Waals surface area contributed by atoms with Crippen LogP contribution in [0.5, 0.6) is 0 Å². The second-order valence-corrected chi connectivity index (χ2v) is 8.48. The van der Waals surface area contributed by atoms with Gasteiger partial charge in [0.2, 0.25) is 5.91 Å². The molecule has 132 valence electrons. The van der Waals surface area contributed by atoms with E-state index in [1.54, 1.807) is 0 Å². The summed E-state index contributed by atoms with van der Waals surface area (Å²) in [4.78, 5) is 13.0. The highest BCUT2D eigenvalue weighted by molar-refractivity contribution is 8.00. The van der Waals surface area contributed by atoms with E-state index in [0.717, 1.165) is 44.5 Å². The molecule has 1 aromatic carbocycles. The number of amides is 1.